The van der Waals surface area contributed by atoms with Gasteiger partial charge in [-0.05, 0) is 25.7 Å². The second-order valence-electron chi connectivity index (χ2n) is 4.50. The topological polar surface area (TPSA) is 88.0 Å². The van der Waals surface area contributed by atoms with Crippen LogP contribution in [0.25, 0.3) is 0 Å². The molecule has 0 saturated heterocycles. The number of carboxylic acids is 1. The smallest absolute Gasteiger partial charge is 0.306 e. The Hall–Kier alpha value is -0.690. The van der Waals surface area contributed by atoms with Gasteiger partial charge in [-0.15, -0.1) is 0 Å². The molecule has 1 aliphatic rings. The maximum absolute atomic E-state index is 10.8. The summed E-state index contributed by atoms with van der Waals surface area (Å²) in [7, 11) is 1.59. The molecule has 0 aromatic heterocycles. The van der Waals surface area contributed by atoms with E-state index < -0.39 is 11.6 Å². The van der Waals surface area contributed by atoms with E-state index in [0.717, 1.165) is 0 Å². The summed E-state index contributed by atoms with van der Waals surface area (Å²) in [6, 6.07) is 0. The van der Waals surface area contributed by atoms with Gasteiger partial charge in [0, 0.05) is 13.7 Å². The van der Waals surface area contributed by atoms with Crippen molar-refractivity contribution in [1.29, 1.82) is 0 Å². The quantitative estimate of drug-likeness (QED) is 0.439. The third-order valence-electron chi connectivity index (χ3n) is 3.16. The molecular weight excluding hydrogens is 226 g/mol. The van der Waals surface area contributed by atoms with E-state index in [1.807, 2.05) is 0 Å². The predicted molar refractivity (Wildman–Crippen MR) is 60.4 cm³/mol. The summed E-state index contributed by atoms with van der Waals surface area (Å²) < 4.78 is 4.81. The van der Waals surface area contributed by atoms with Crippen LogP contribution in [0.1, 0.15) is 25.7 Å². The molecule has 0 heterocycles. The molecule has 0 atom stereocenters. The van der Waals surface area contributed by atoms with Crippen molar-refractivity contribution in [3.63, 3.8) is 0 Å². The largest absolute Gasteiger partial charge is 0.481 e. The molecule has 0 spiro atoms. The second-order valence-corrected chi connectivity index (χ2v) is 4.50. The van der Waals surface area contributed by atoms with Gasteiger partial charge in [0.15, 0.2) is 0 Å². The first-order valence-electron chi connectivity index (χ1n) is 5.86. The van der Waals surface area contributed by atoms with Gasteiger partial charge < -0.3 is 14.9 Å². The fraction of sp³-hybridized carbons (Fsp3) is 0.909. The molecule has 1 rings (SSSR count). The van der Waals surface area contributed by atoms with Gasteiger partial charge in [0.1, 0.15) is 0 Å². The third-order valence-corrected chi connectivity index (χ3v) is 3.16. The van der Waals surface area contributed by atoms with E-state index in [0.29, 0.717) is 45.4 Å². The van der Waals surface area contributed by atoms with Crippen molar-refractivity contribution in [2.24, 2.45) is 5.92 Å². The number of aliphatic hydroxyl groups is 1. The Bertz CT molecular complexity index is 238. The zero-order valence-electron chi connectivity index (χ0n) is 10.1. The standard InChI is InChI=1S/C11H21NO5/c1-16-6-7-17-12-8-11(15)4-2-9(3-5-11)10(13)14/h9,12,15H,2-8H2,1H3,(H,13,14). The Kier molecular flexibility index (Phi) is 5.84. The van der Waals surface area contributed by atoms with Crippen LogP contribution in [0.15, 0.2) is 0 Å². The number of hydrogen-bond acceptors (Lipinski definition) is 5. The number of ether oxygens (including phenoxy) is 1. The molecule has 0 unspecified atom stereocenters. The summed E-state index contributed by atoms with van der Waals surface area (Å²) in [4.78, 5) is 15.8. The van der Waals surface area contributed by atoms with Gasteiger partial charge in [-0.3, -0.25) is 9.63 Å². The first-order valence-corrected chi connectivity index (χ1v) is 5.86. The molecule has 0 bridgehead atoms. The highest BCUT2D eigenvalue weighted by atomic mass is 16.7. The van der Waals surface area contributed by atoms with Gasteiger partial charge in [0.25, 0.3) is 0 Å². The van der Waals surface area contributed by atoms with Crippen LogP contribution >= 0.6 is 0 Å². The molecule has 0 aromatic rings. The van der Waals surface area contributed by atoms with Crippen LogP contribution < -0.4 is 5.48 Å². The van der Waals surface area contributed by atoms with Crippen LogP contribution in [0.4, 0.5) is 0 Å². The maximum atomic E-state index is 10.8. The molecule has 6 nitrogen and oxygen atoms in total. The number of carbonyl (C=O) groups is 1. The van der Waals surface area contributed by atoms with Crippen LogP contribution in [0, 0.1) is 5.92 Å². The van der Waals surface area contributed by atoms with Crippen molar-refractivity contribution in [3.05, 3.63) is 0 Å². The zero-order valence-corrected chi connectivity index (χ0v) is 10.1. The first-order chi connectivity index (χ1) is 8.07. The second kappa shape index (κ2) is 6.90. The fourth-order valence-electron chi connectivity index (χ4n) is 1.96. The van der Waals surface area contributed by atoms with Crippen molar-refractivity contribution in [1.82, 2.24) is 5.48 Å². The normalized spacial score (nSPS) is 29.2. The molecule has 0 aliphatic heterocycles. The Morgan fingerprint density at radius 1 is 1.41 bits per heavy atom. The number of nitrogens with one attached hydrogen (secondary N) is 1. The van der Waals surface area contributed by atoms with Crippen molar-refractivity contribution in [2.75, 3.05) is 26.9 Å². The van der Waals surface area contributed by atoms with Crippen LogP contribution in [0.2, 0.25) is 0 Å². The molecular formula is C11H21NO5. The van der Waals surface area contributed by atoms with Gasteiger partial charge >= 0.3 is 5.97 Å². The highest BCUT2D eigenvalue weighted by Crippen LogP contribution is 2.31. The minimum absolute atomic E-state index is 0.315. The minimum atomic E-state index is -0.848. The van der Waals surface area contributed by atoms with E-state index in [1.54, 1.807) is 7.11 Å². The molecule has 100 valence electrons. The summed E-state index contributed by atoms with van der Waals surface area (Å²) in [6.07, 6.45) is 2.02. The van der Waals surface area contributed by atoms with Gasteiger partial charge in [0.2, 0.25) is 0 Å². The summed E-state index contributed by atoms with van der Waals surface area (Å²) >= 11 is 0. The van der Waals surface area contributed by atoms with Crippen LogP contribution in [-0.2, 0) is 14.4 Å². The van der Waals surface area contributed by atoms with Crippen molar-refractivity contribution in [3.8, 4) is 0 Å². The summed E-state index contributed by atoms with van der Waals surface area (Å²) in [5, 5.41) is 19.0. The maximum Gasteiger partial charge on any atom is 0.306 e. The third kappa shape index (κ3) is 4.99. The molecule has 0 radical (unpaired) electrons. The average molecular weight is 247 g/mol. The van der Waals surface area contributed by atoms with Crippen molar-refractivity contribution < 1.29 is 24.6 Å². The number of hydroxylamine groups is 1. The molecule has 1 fully saturated rings. The monoisotopic (exact) mass is 247 g/mol. The van der Waals surface area contributed by atoms with Crippen molar-refractivity contribution in [2.45, 2.75) is 31.3 Å². The van der Waals surface area contributed by atoms with E-state index in [9.17, 15) is 9.90 Å². The van der Waals surface area contributed by atoms with E-state index in [4.69, 9.17) is 14.7 Å². The molecule has 17 heavy (non-hydrogen) atoms. The molecule has 0 aromatic carbocycles. The number of rotatable bonds is 7. The minimum Gasteiger partial charge on any atom is -0.481 e. The fourth-order valence-corrected chi connectivity index (χ4v) is 1.96. The van der Waals surface area contributed by atoms with E-state index >= 15 is 0 Å². The lowest BCUT2D eigenvalue weighted by atomic mass is 9.79. The number of hydrogen-bond donors (Lipinski definition) is 3. The van der Waals surface area contributed by atoms with Gasteiger partial charge in [0.05, 0.1) is 24.7 Å². The molecule has 6 heteroatoms. The predicted octanol–water partition coefficient (Wildman–Crippen LogP) is 0.160. The highest BCUT2D eigenvalue weighted by Gasteiger charge is 2.35. The summed E-state index contributed by atoms with van der Waals surface area (Å²) in [5.74, 6) is -1.08. The van der Waals surface area contributed by atoms with Gasteiger partial charge in [-0.2, -0.15) is 5.48 Å². The Morgan fingerprint density at radius 2 is 2.06 bits per heavy atom. The lowest BCUT2D eigenvalue weighted by molar-refractivity contribution is -0.145. The average Bonchev–Trinajstić information content (AvgIpc) is 2.29. The summed E-state index contributed by atoms with van der Waals surface area (Å²) in [5.41, 5.74) is 1.85. The SMILES string of the molecule is COCCONCC1(O)CCC(C(=O)O)CC1. The van der Waals surface area contributed by atoms with Gasteiger partial charge in [-0.25, -0.2) is 0 Å². The van der Waals surface area contributed by atoms with Crippen LogP contribution in [0.3, 0.4) is 0 Å². The zero-order chi connectivity index (χ0) is 12.7. The molecule has 3 N–H and O–H groups in total. The number of aliphatic carboxylic acids is 1. The molecule has 1 aliphatic carbocycles. The van der Waals surface area contributed by atoms with Crippen molar-refractivity contribution >= 4 is 5.97 Å². The molecule has 0 amide bonds. The lowest BCUT2D eigenvalue weighted by Gasteiger charge is -2.34. The lowest BCUT2D eigenvalue weighted by Crippen LogP contribution is -2.44. The first kappa shape index (κ1) is 14.4. The van der Waals surface area contributed by atoms with Gasteiger partial charge in [-0.1, -0.05) is 0 Å². The van der Waals surface area contributed by atoms with E-state index in [1.165, 1.54) is 0 Å². The van der Waals surface area contributed by atoms with Crippen LogP contribution in [-0.4, -0.2) is 48.7 Å². The Labute approximate surface area is 101 Å². The number of carboxylic acid groups (broad SMARTS) is 1. The summed E-state index contributed by atoms with van der Waals surface area (Å²) in [6.45, 7) is 1.24. The highest BCUT2D eigenvalue weighted by molar-refractivity contribution is 5.70. The Balaban J connectivity index is 2.18. The molecule has 1 saturated carbocycles. The Morgan fingerprint density at radius 3 is 2.59 bits per heavy atom. The van der Waals surface area contributed by atoms with E-state index in [-0.39, 0.29) is 5.92 Å². The van der Waals surface area contributed by atoms with Crippen LogP contribution in [0.5, 0.6) is 0 Å². The van der Waals surface area contributed by atoms with E-state index in [2.05, 4.69) is 5.48 Å². The number of methoxy groups -OCH3 is 1.